The Kier molecular flexibility index (Phi) is 3.75. The Labute approximate surface area is 91.6 Å². The standard InChI is InChI=1S/C13H19NO/c1-14-12(13-8-5-9-15-13)10-11-6-3-2-4-7-11/h2-4,6-7,12-14H,5,8-10H2,1H3/t12-,13-/m1/s1. The number of likely N-dealkylation sites (N-methyl/N-ethyl adjacent to an activating group) is 1. The van der Waals surface area contributed by atoms with Crippen molar-refractivity contribution in [2.75, 3.05) is 13.7 Å². The van der Waals surface area contributed by atoms with Crippen molar-refractivity contribution >= 4 is 0 Å². The lowest BCUT2D eigenvalue weighted by Gasteiger charge is -2.22. The SMILES string of the molecule is CN[C@H](Cc1ccccc1)[C@H]1CCCO1. The number of ether oxygens (including phenoxy) is 1. The Morgan fingerprint density at radius 3 is 2.80 bits per heavy atom. The summed E-state index contributed by atoms with van der Waals surface area (Å²) in [6.45, 7) is 0.928. The summed E-state index contributed by atoms with van der Waals surface area (Å²) in [6, 6.07) is 11.1. The van der Waals surface area contributed by atoms with E-state index >= 15 is 0 Å². The third-order valence-electron chi connectivity index (χ3n) is 3.08. The fourth-order valence-corrected chi connectivity index (χ4v) is 2.21. The van der Waals surface area contributed by atoms with Crippen LogP contribution < -0.4 is 5.32 Å². The Hall–Kier alpha value is -0.860. The smallest absolute Gasteiger partial charge is 0.0732 e. The van der Waals surface area contributed by atoms with Gasteiger partial charge in [-0.1, -0.05) is 30.3 Å². The van der Waals surface area contributed by atoms with Gasteiger partial charge in [-0.15, -0.1) is 0 Å². The first-order valence-corrected chi connectivity index (χ1v) is 5.73. The molecule has 1 aliphatic heterocycles. The van der Waals surface area contributed by atoms with Gasteiger partial charge in [0.05, 0.1) is 6.10 Å². The van der Waals surface area contributed by atoms with E-state index in [-0.39, 0.29) is 0 Å². The zero-order valence-electron chi connectivity index (χ0n) is 9.28. The molecular formula is C13H19NO. The zero-order chi connectivity index (χ0) is 10.5. The van der Waals surface area contributed by atoms with Crippen LogP contribution in [0.5, 0.6) is 0 Å². The fraction of sp³-hybridized carbons (Fsp3) is 0.538. The molecule has 0 amide bonds. The second-order valence-corrected chi connectivity index (χ2v) is 4.14. The third kappa shape index (κ3) is 2.80. The summed E-state index contributed by atoms with van der Waals surface area (Å²) in [4.78, 5) is 0. The minimum Gasteiger partial charge on any atom is -0.377 e. The van der Waals surface area contributed by atoms with Crippen molar-refractivity contribution in [2.24, 2.45) is 0 Å². The van der Waals surface area contributed by atoms with Gasteiger partial charge in [0.2, 0.25) is 0 Å². The molecule has 1 aromatic carbocycles. The molecule has 0 radical (unpaired) electrons. The topological polar surface area (TPSA) is 21.3 Å². The molecule has 1 fully saturated rings. The first-order valence-electron chi connectivity index (χ1n) is 5.73. The minimum atomic E-state index is 0.398. The number of benzene rings is 1. The van der Waals surface area contributed by atoms with Crippen molar-refractivity contribution < 1.29 is 4.74 Å². The Morgan fingerprint density at radius 2 is 2.20 bits per heavy atom. The van der Waals surface area contributed by atoms with Crippen LogP contribution in [0.25, 0.3) is 0 Å². The largest absolute Gasteiger partial charge is 0.377 e. The molecule has 1 aliphatic rings. The molecular weight excluding hydrogens is 186 g/mol. The van der Waals surface area contributed by atoms with Crippen molar-refractivity contribution in [2.45, 2.75) is 31.4 Å². The summed E-state index contributed by atoms with van der Waals surface area (Å²) < 4.78 is 5.72. The lowest BCUT2D eigenvalue weighted by atomic mass is 10.00. The van der Waals surface area contributed by atoms with E-state index in [2.05, 4.69) is 35.6 Å². The van der Waals surface area contributed by atoms with E-state index in [4.69, 9.17) is 4.74 Å². The van der Waals surface area contributed by atoms with Gasteiger partial charge in [-0.2, -0.15) is 0 Å². The van der Waals surface area contributed by atoms with E-state index in [0.29, 0.717) is 12.1 Å². The monoisotopic (exact) mass is 205 g/mol. The molecule has 0 unspecified atom stereocenters. The molecule has 2 heteroatoms. The molecule has 1 aromatic rings. The van der Waals surface area contributed by atoms with Crippen molar-refractivity contribution in [3.63, 3.8) is 0 Å². The zero-order valence-corrected chi connectivity index (χ0v) is 9.28. The van der Waals surface area contributed by atoms with Gasteiger partial charge in [-0.3, -0.25) is 0 Å². The second kappa shape index (κ2) is 5.29. The maximum Gasteiger partial charge on any atom is 0.0732 e. The normalized spacial score (nSPS) is 22.9. The average molecular weight is 205 g/mol. The predicted octanol–water partition coefficient (Wildman–Crippen LogP) is 2.00. The quantitative estimate of drug-likeness (QED) is 0.811. The first-order chi connectivity index (χ1) is 7.40. The summed E-state index contributed by atoms with van der Waals surface area (Å²) >= 11 is 0. The molecule has 0 aromatic heterocycles. The number of hydrogen-bond donors (Lipinski definition) is 1. The molecule has 2 rings (SSSR count). The number of hydrogen-bond acceptors (Lipinski definition) is 2. The van der Waals surface area contributed by atoms with E-state index in [1.54, 1.807) is 0 Å². The molecule has 0 bridgehead atoms. The summed E-state index contributed by atoms with van der Waals surface area (Å²) in [7, 11) is 2.02. The van der Waals surface area contributed by atoms with E-state index in [0.717, 1.165) is 13.0 Å². The average Bonchev–Trinajstić information content (AvgIpc) is 2.81. The number of nitrogens with one attached hydrogen (secondary N) is 1. The maximum absolute atomic E-state index is 5.72. The highest BCUT2D eigenvalue weighted by molar-refractivity contribution is 5.16. The highest BCUT2D eigenvalue weighted by Gasteiger charge is 2.24. The van der Waals surface area contributed by atoms with E-state index in [1.807, 2.05) is 7.05 Å². The molecule has 2 atom stereocenters. The fourth-order valence-electron chi connectivity index (χ4n) is 2.21. The van der Waals surface area contributed by atoms with Gasteiger partial charge in [0, 0.05) is 12.6 Å². The van der Waals surface area contributed by atoms with Crippen molar-refractivity contribution in [1.82, 2.24) is 5.32 Å². The van der Waals surface area contributed by atoms with Gasteiger partial charge in [-0.05, 0) is 31.9 Å². The van der Waals surface area contributed by atoms with Gasteiger partial charge in [-0.25, -0.2) is 0 Å². The predicted molar refractivity (Wildman–Crippen MR) is 62.0 cm³/mol. The maximum atomic E-state index is 5.72. The van der Waals surface area contributed by atoms with Crippen molar-refractivity contribution in [3.05, 3.63) is 35.9 Å². The molecule has 15 heavy (non-hydrogen) atoms. The van der Waals surface area contributed by atoms with E-state index in [9.17, 15) is 0 Å². The molecule has 0 spiro atoms. The van der Waals surface area contributed by atoms with Crippen LogP contribution in [0.2, 0.25) is 0 Å². The number of rotatable bonds is 4. The van der Waals surface area contributed by atoms with Gasteiger partial charge < -0.3 is 10.1 Å². The summed E-state index contributed by atoms with van der Waals surface area (Å²) in [5.41, 5.74) is 1.38. The molecule has 0 saturated carbocycles. The Morgan fingerprint density at radius 1 is 1.40 bits per heavy atom. The Bertz CT molecular complexity index is 280. The van der Waals surface area contributed by atoms with E-state index in [1.165, 1.54) is 18.4 Å². The first kappa shape index (κ1) is 10.7. The van der Waals surface area contributed by atoms with Crippen LogP contribution in [-0.4, -0.2) is 25.8 Å². The Balaban J connectivity index is 1.96. The highest BCUT2D eigenvalue weighted by atomic mass is 16.5. The molecule has 0 aliphatic carbocycles. The molecule has 1 N–H and O–H groups in total. The van der Waals surface area contributed by atoms with Crippen LogP contribution in [0.15, 0.2) is 30.3 Å². The van der Waals surface area contributed by atoms with Crippen LogP contribution in [0.3, 0.4) is 0 Å². The van der Waals surface area contributed by atoms with Crippen molar-refractivity contribution in [3.8, 4) is 0 Å². The summed E-state index contributed by atoms with van der Waals surface area (Å²) in [6.07, 6.45) is 3.85. The van der Waals surface area contributed by atoms with Crippen molar-refractivity contribution in [1.29, 1.82) is 0 Å². The third-order valence-corrected chi connectivity index (χ3v) is 3.08. The highest BCUT2D eigenvalue weighted by Crippen LogP contribution is 2.18. The van der Waals surface area contributed by atoms with Crippen LogP contribution in [0, 0.1) is 0 Å². The van der Waals surface area contributed by atoms with Crippen LogP contribution in [-0.2, 0) is 11.2 Å². The molecule has 82 valence electrons. The van der Waals surface area contributed by atoms with Crippen LogP contribution >= 0.6 is 0 Å². The van der Waals surface area contributed by atoms with Gasteiger partial charge in [0.15, 0.2) is 0 Å². The summed E-state index contributed by atoms with van der Waals surface area (Å²) in [5.74, 6) is 0. The summed E-state index contributed by atoms with van der Waals surface area (Å²) in [5, 5.41) is 3.37. The van der Waals surface area contributed by atoms with Gasteiger partial charge in [0.25, 0.3) is 0 Å². The second-order valence-electron chi connectivity index (χ2n) is 4.14. The molecule has 1 saturated heterocycles. The lowest BCUT2D eigenvalue weighted by molar-refractivity contribution is 0.0808. The molecule has 2 nitrogen and oxygen atoms in total. The molecule has 1 heterocycles. The minimum absolute atomic E-state index is 0.398. The van der Waals surface area contributed by atoms with Crippen LogP contribution in [0.4, 0.5) is 0 Å². The van der Waals surface area contributed by atoms with Gasteiger partial charge in [0.1, 0.15) is 0 Å². The van der Waals surface area contributed by atoms with Crippen LogP contribution in [0.1, 0.15) is 18.4 Å². The van der Waals surface area contributed by atoms with Gasteiger partial charge >= 0.3 is 0 Å². The van der Waals surface area contributed by atoms with E-state index < -0.39 is 0 Å². The lowest BCUT2D eigenvalue weighted by Crippen LogP contribution is -2.39.